The van der Waals surface area contributed by atoms with Gasteiger partial charge in [0.1, 0.15) is 6.61 Å². The highest BCUT2D eigenvalue weighted by molar-refractivity contribution is 5.82. The summed E-state index contributed by atoms with van der Waals surface area (Å²) in [5.74, 6) is -0.433. The second-order valence-electron chi connectivity index (χ2n) is 1.78. The highest BCUT2D eigenvalue weighted by Gasteiger charge is 1.92. The Labute approximate surface area is 66.0 Å². The second kappa shape index (κ2) is 7.02. The van der Waals surface area contributed by atoms with Gasteiger partial charge in [-0.25, -0.2) is 4.79 Å². The number of esters is 1. The molecule has 1 N–H and O–H groups in total. The van der Waals surface area contributed by atoms with Gasteiger partial charge < -0.3 is 9.84 Å². The SMILES string of the molecule is CC=CC=CC(=O)OCCO. The van der Waals surface area contributed by atoms with Crippen LogP contribution < -0.4 is 0 Å². The van der Waals surface area contributed by atoms with Gasteiger partial charge in [-0.1, -0.05) is 18.2 Å². The van der Waals surface area contributed by atoms with Crippen LogP contribution in [0.3, 0.4) is 0 Å². The van der Waals surface area contributed by atoms with Gasteiger partial charge in [-0.2, -0.15) is 0 Å². The largest absolute Gasteiger partial charge is 0.460 e. The Hall–Kier alpha value is -1.09. The maximum absolute atomic E-state index is 10.6. The van der Waals surface area contributed by atoms with Gasteiger partial charge in [0.2, 0.25) is 0 Å². The molecule has 0 aromatic rings. The van der Waals surface area contributed by atoms with Crippen LogP contribution in [0.1, 0.15) is 6.92 Å². The molecule has 0 heterocycles. The predicted molar refractivity (Wildman–Crippen MR) is 42.0 cm³/mol. The fourth-order valence-corrected chi connectivity index (χ4v) is 0.440. The number of aliphatic hydroxyl groups is 1. The van der Waals surface area contributed by atoms with Crippen molar-refractivity contribution in [1.82, 2.24) is 0 Å². The maximum atomic E-state index is 10.6. The van der Waals surface area contributed by atoms with E-state index in [9.17, 15) is 4.79 Å². The Kier molecular flexibility index (Phi) is 6.33. The van der Waals surface area contributed by atoms with Crippen molar-refractivity contribution in [2.24, 2.45) is 0 Å². The monoisotopic (exact) mass is 156 g/mol. The molecule has 0 aliphatic carbocycles. The molecular weight excluding hydrogens is 144 g/mol. The van der Waals surface area contributed by atoms with Crippen LogP contribution in [0, 0.1) is 0 Å². The van der Waals surface area contributed by atoms with E-state index in [0.29, 0.717) is 0 Å². The third-order valence-electron chi connectivity index (χ3n) is 0.871. The first-order valence-corrected chi connectivity index (χ1v) is 3.38. The highest BCUT2D eigenvalue weighted by atomic mass is 16.5. The molecular formula is C8H12O3. The summed E-state index contributed by atoms with van der Waals surface area (Å²) in [4.78, 5) is 10.6. The van der Waals surface area contributed by atoms with E-state index in [1.165, 1.54) is 6.08 Å². The van der Waals surface area contributed by atoms with Gasteiger partial charge in [-0.05, 0) is 6.92 Å². The Balaban J connectivity index is 3.51. The third kappa shape index (κ3) is 6.80. The Morgan fingerprint density at radius 1 is 1.55 bits per heavy atom. The number of hydrogen-bond acceptors (Lipinski definition) is 3. The number of rotatable bonds is 4. The van der Waals surface area contributed by atoms with Crippen molar-refractivity contribution in [3.05, 3.63) is 24.3 Å². The molecule has 0 amide bonds. The molecule has 0 unspecified atom stereocenters. The molecule has 0 rings (SSSR count). The van der Waals surface area contributed by atoms with Crippen molar-refractivity contribution in [2.75, 3.05) is 13.2 Å². The first-order chi connectivity index (χ1) is 5.31. The van der Waals surface area contributed by atoms with Gasteiger partial charge in [0, 0.05) is 6.08 Å². The first kappa shape index (κ1) is 9.91. The van der Waals surface area contributed by atoms with Crippen molar-refractivity contribution in [2.45, 2.75) is 6.92 Å². The molecule has 11 heavy (non-hydrogen) atoms. The predicted octanol–water partition coefficient (Wildman–Crippen LogP) is 0.654. The molecule has 0 saturated heterocycles. The smallest absolute Gasteiger partial charge is 0.330 e. The molecule has 0 bridgehead atoms. The first-order valence-electron chi connectivity index (χ1n) is 3.38. The van der Waals surface area contributed by atoms with Crippen molar-refractivity contribution in [3.8, 4) is 0 Å². The zero-order valence-corrected chi connectivity index (χ0v) is 6.49. The van der Waals surface area contributed by atoms with Crippen molar-refractivity contribution in [1.29, 1.82) is 0 Å². The molecule has 0 aliphatic heterocycles. The van der Waals surface area contributed by atoms with E-state index in [-0.39, 0.29) is 13.2 Å². The van der Waals surface area contributed by atoms with Gasteiger partial charge in [-0.3, -0.25) is 0 Å². The Bertz CT molecular complexity index is 159. The number of allylic oxidation sites excluding steroid dienone is 3. The Morgan fingerprint density at radius 3 is 2.82 bits per heavy atom. The second-order valence-corrected chi connectivity index (χ2v) is 1.78. The lowest BCUT2D eigenvalue weighted by atomic mass is 10.4. The summed E-state index contributed by atoms with van der Waals surface area (Å²) in [6.07, 6.45) is 6.41. The van der Waals surface area contributed by atoms with E-state index in [1.807, 2.05) is 6.92 Å². The van der Waals surface area contributed by atoms with Crippen LogP contribution in [0.25, 0.3) is 0 Å². The van der Waals surface area contributed by atoms with Gasteiger partial charge in [0.15, 0.2) is 0 Å². The molecule has 3 nitrogen and oxygen atoms in total. The van der Waals surface area contributed by atoms with Crippen LogP contribution in [0.2, 0.25) is 0 Å². The van der Waals surface area contributed by atoms with Crippen molar-refractivity contribution in [3.63, 3.8) is 0 Å². The molecule has 62 valence electrons. The number of aliphatic hydroxyl groups excluding tert-OH is 1. The summed E-state index contributed by atoms with van der Waals surface area (Å²) in [5.41, 5.74) is 0. The molecule has 3 heteroatoms. The normalized spacial score (nSPS) is 11.1. The molecule has 0 spiro atoms. The Morgan fingerprint density at radius 2 is 2.27 bits per heavy atom. The number of hydrogen-bond donors (Lipinski definition) is 1. The molecule has 0 saturated carbocycles. The molecule has 0 aromatic carbocycles. The van der Waals surface area contributed by atoms with E-state index < -0.39 is 5.97 Å². The molecule has 0 atom stereocenters. The lowest BCUT2D eigenvalue weighted by Crippen LogP contribution is -2.04. The number of carbonyl (C=O) groups is 1. The van der Waals surface area contributed by atoms with Crippen molar-refractivity contribution >= 4 is 5.97 Å². The molecule has 0 aliphatic rings. The molecule has 0 fully saturated rings. The quantitative estimate of drug-likeness (QED) is 0.369. The minimum absolute atomic E-state index is 0.0546. The van der Waals surface area contributed by atoms with Crippen LogP contribution >= 0.6 is 0 Å². The average Bonchev–Trinajstić information content (AvgIpc) is 2.01. The average molecular weight is 156 g/mol. The van der Waals surface area contributed by atoms with E-state index in [4.69, 9.17) is 5.11 Å². The summed E-state index contributed by atoms with van der Waals surface area (Å²) in [6, 6.07) is 0. The topological polar surface area (TPSA) is 46.5 Å². The van der Waals surface area contributed by atoms with Gasteiger partial charge in [0.25, 0.3) is 0 Å². The lowest BCUT2D eigenvalue weighted by molar-refractivity contribution is -0.138. The van der Waals surface area contributed by atoms with Crippen LogP contribution in [-0.2, 0) is 9.53 Å². The lowest BCUT2D eigenvalue weighted by Gasteiger charge is -1.95. The number of carbonyl (C=O) groups excluding carboxylic acids is 1. The van der Waals surface area contributed by atoms with E-state index in [2.05, 4.69) is 4.74 Å². The molecule has 0 radical (unpaired) electrons. The van der Waals surface area contributed by atoms with Crippen LogP contribution in [-0.4, -0.2) is 24.3 Å². The zero-order chi connectivity index (χ0) is 8.53. The van der Waals surface area contributed by atoms with Crippen LogP contribution in [0.5, 0.6) is 0 Å². The summed E-state index contributed by atoms with van der Waals surface area (Å²) in [5, 5.41) is 8.27. The van der Waals surface area contributed by atoms with Gasteiger partial charge in [-0.15, -0.1) is 0 Å². The van der Waals surface area contributed by atoms with Gasteiger partial charge >= 0.3 is 5.97 Å². The standard InChI is InChI=1S/C8H12O3/c1-2-3-4-5-8(10)11-7-6-9/h2-5,9H,6-7H2,1H3. The minimum Gasteiger partial charge on any atom is -0.460 e. The van der Waals surface area contributed by atoms with Crippen molar-refractivity contribution < 1.29 is 14.6 Å². The fraction of sp³-hybridized carbons (Fsp3) is 0.375. The van der Waals surface area contributed by atoms with E-state index >= 15 is 0 Å². The van der Waals surface area contributed by atoms with Crippen LogP contribution in [0.15, 0.2) is 24.3 Å². The van der Waals surface area contributed by atoms with E-state index in [0.717, 1.165) is 0 Å². The summed E-state index contributed by atoms with van der Waals surface area (Å²) in [6.45, 7) is 1.77. The number of ether oxygens (including phenoxy) is 1. The summed E-state index contributed by atoms with van der Waals surface area (Å²) >= 11 is 0. The minimum atomic E-state index is -0.433. The molecule has 0 aromatic heterocycles. The fourth-order valence-electron chi connectivity index (χ4n) is 0.440. The zero-order valence-electron chi connectivity index (χ0n) is 6.49. The summed E-state index contributed by atoms with van der Waals surface area (Å²) in [7, 11) is 0. The summed E-state index contributed by atoms with van der Waals surface area (Å²) < 4.78 is 4.53. The van der Waals surface area contributed by atoms with Gasteiger partial charge in [0.05, 0.1) is 6.61 Å². The maximum Gasteiger partial charge on any atom is 0.330 e. The highest BCUT2D eigenvalue weighted by Crippen LogP contribution is 1.82. The van der Waals surface area contributed by atoms with E-state index in [1.54, 1.807) is 18.2 Å². The van der Waals surface area contributed by atoms with Crippen LogP contribution in [0.4, 0.5) is 0 Å². The third-order valence-corrected chi connectivity index (χ3v) is 0.871.